The Morgan fingerprint density at radius 1 is 1.00 bits per heavy atom. The quantitative estimate of drug-likeness (QED) is 0.620. The van der Waals surface area contributed by atoms with Crippen molar-refractivity contribution in [2.24, 2.45) is 5.73 Å². The van der Waals surface area contributed by atoms with Gasteiger partial charge in [0.15, 0.2) is 0 Å². The molecule has 0 aliphatic heterocycles. The summed E-state index contributed by atoms with van der Waals surface area (Å²) in [7, 11) is 0. The molecule has 1 aromatic rings. The molecule has 0 saturated heterocycles. The number of hydrogen-bond acceptors (Lipinski definition) is 1. The van der Waals surface area contributed by atoms with Gasteiger partial charge in [-0.3, -0.25) is 0 Å². The minimum Gasteiger partial charge on any atom is -0.327 e. The van der Waals surface area contributed by atoms with Crippen molar-refractivity contribution in [1.29, 1.82) is 0 Å². The Balaban J connectivity index is 2.52. The lowest BCUT2D eigenvalue weighted by atomic mass is 9.99. The van der Waals surface area contributed by atoms with Gasteiger partial charge in [-0.1, -0.05) is 38.1 Å². The van der Waals surface area contributed by atoms with E-state index in [-0.39, 0.29) is 0 Å². The number of rotatable bonds is 0. The molecule has 0 radical (unpaired) electrons. The van der Waals surface area contributed by atoms with E-state index < -0.39 is 0 Å². The van der Waals surface area contributed by atoms with E-state index >= 15 is 0 Å². The predicted octanol–water partition coefficient (Wildman–Crippen LogP) is 2.23. The Morgan fingerprint density at radius 3 is 1.83 bits per heavy atom. The second-order valence-corrected chi connectivity index (χ2v) is 3.78. The summed E-state index contributed by atoms with van der Waals surface area (Å²) < 4.78 is 0. The lowest BCUT2D eigenvalue weighted by Crippen LogP contribution is -2.25. The molecule has 2 N–H and O–H groups in total. The van der Waals surface area contributed by atoms with Crippen LogP contribution in [0.5, 0.6) is 0 Å². The monoisotopic (exact) mass is 161 g/mol. The van der Waals surface area contributed by atoms with E-state index in [9.17, 15) is 0 Å². The van der Waals surface area contributed by atoms with Crippen LogP contribution >= 0.6 is 0 Å². The van der Waals surface area contributed by atoms with Crippen LogP contribution in [-0.2, 0) is 0 Å². The predicted molar refractivity (Wildman–Crippen MR) is 51.2 cm³/mol. The molecule has 0 amide bonds. The fourth-order valence-corrected chi connectivity index (χ4v) is 2.19. The standard InChI is InChI=1S/C11H15N/c1-7-9-5-3-4-6-10(9)8(2)11(7)12/h3-8,11H,12H2,1-2H3/t7-,8+,11+. The second kappa shape index (κ2) is 2.60. The van der Waals surface area contributed by atoms with E-state index in [4.69, 9.17) is 5.73 Å². The first kappa shape index (κ1) is 7.81. The molecule has 1 aliphatic carbocycles. The van der Waals surface area contributed by atoms with Crippen LogP contribution in [0.3, 0.4) is 0 Å². The molecule has 1 heteroatoms. The fourth-order valence-electron chi connectivity index (χ4n) is 2.19. The van der Waals surface area contributed by atoms with Gasteiger partial charge in [0.2, 0.25) is 0 Å². The lowest BCUT2D eigenvalue weighted by molar-refractivity contribution is 0.544. The van der Waals surface area contributed by atoms with Crippen LogP contribution in [0.1, 0.15) is 36.8 Å². The fraction of sp³-hybridized carbons (Fsp3) is 0.455. The first-order valence-electron chi connectivity index (χ1n) is 4.56. The van der Waals surface area contributed by atoms with Gasteiger partial charge in [0, 0.05) is 6.04 Å². The van der Waals surface area contributed by atoms with Gasteiger partial charge in [0.1, 0.15) is 0 Å². The maximum atomic E-state index is 6.07. The van der Waals surface area contributed by atoms with Crippen molar-refractivity contribution in [1.82, 2.24) is 0 Å². The molecular formula is C11H15N. The zero-order valence-corrected chi connectivity index (χ0v) is 7.62. The zero-order chi connectivity index (χ0) is 8.72. The SMILES string of the molecule is C[C@@H]1c2ccccc2[C@H](C)[C@H]1N. The minimum absolute atomic E-state index is 0.308. The summed E-state index contributed by atoms with van der Waals surface area (Å²) in [5.74, 6) is 1.05. The number of nitrogens with two attached hydrogens (primary N) is 1. The topological polar surface area (TPSA) is 26.0 Å². The van der Waals surface area contributed by atoms with E-state index in [2.05, 4.69) is 38.1 Å². The molecule has 0 spiro atoms. The largest absolute Gasteiger partial charge is 0.327 e. The van der Waals surface area contributed by atoms with Gasteiger partial charge < -0.3 is 5.73 Å². The molecule has 0 saturated carbocycles. The lowest BCUT2D eigenvalue weighted by Gasteiger charge is -2.13. The van der Waals surface area contributed by atoms with Crippen LogP contribution in [0.2, 0.25) is 0 Å². The van der Waals surface area contributed by atoms with Crippen LogP contribution in [0.4, 0.5) is 0 Å². The number of fused-ring (bicyclic) bond motifs is 1. The van der Waals surface area contributed by atoms with Crippen LogP contribution in [0.15, 0.2) is 24.3 Å². The summed E-state index contributed by atoms with van der Waals surface area (Å²) in [4.78, 5) is 0. The van der Waals surface area contributed by atoms with Crippen LogP contribution in [0, 0.1) is 0 Å². The van der Waals surface area contributed by atoms with Gasteiger partial charge in [-0.05, 0) is 23.0 Å². The molecule has 1 aromatic carbocycles. The molecule has 0 heterocycles. The Hall–Kier alpha value is -0.820. The van der Waals surface area contributed by atoms with Crippen molar-refractivity contribution in [3.63, 3.8) is 0 Å². The molecule has 3 atom stereocenters. The van der Waals surface area contributed by atoms with Crippen LogP contribution in [0.25, 0.3) is 0 Å². The van der Waals surface area contributed by atoms with Crippen molar-refractivity contribution in [2.75, 3.05) is 0 Å². The van der Waals surface area contributed by atoms with E-state index in [1.165, 1.54) is 11.1 Å². The molecule has 0 aromatic heterocycles. The third kappa shape index (κ3) is 0.896. The minimum atomic E-state index is 0.308. The molecule has 12 heavy (non-hydrogen) atoms. The molecule has 64 valence electrons. The van der Waals surface area contributed by atoms with Gasteiger partial charge in [-0.2, -0.15) is 0 Å². The summed E-state index contributed by atoms with van der Waals surface area (Å²) in [6, 6.07) is 8.90. The summed E-state index contributed by atoms with van der Waals surface area (Å²) in [5.41, 5.74) is 8.96. The molecule has 0 fully saturated rings. The van der Waals surface area contributed by atoms with Crippen LogP contribution in [-0.4, -0.2) is 6.04 Å². The van der Waals surface area contributed by atoms with Gasteiger partial charge >= 0.3 is 0 Å². The maximum absolute atomic E-state index is 6.07. The highest BCUT2D eigenvalue weighted by molar-refractivity contribution is 5.40. The van der Waals surface area contributed by atoms with Crippen molar-refractivity contribution in [2.45, 2.75) is 31.7 Å². The third-order valence-corrected chi connectivity index (χ3v) is 3.13. The number of hydrogen-bond donors (Lipinski definition) is 1. The highest BCUT2D eigenvalue weighted by Crippen LogP contribution is 2.39. The first-order chi connectivity index (χ1) is 5.72. The Labute approximate surface area is 73.6 Å². The smallest absolute Gasteiger partial charge is 0.0172 e. The summed E-state index contributed by atoms with van der Waals surface area (Å²) in [5, 5.41) is 0. The molecular weight excluding hydrogens is 146 g/mol. The number of benzene rings is 1. The average Bonchev–Trinajstić information content (AvgIpc) is 2.33. The molecule has 0 bridgehead atoms. The Morgan fingerprint density at radius 2 is 1.42 bits per heavy atom. The highest BCUT2D eigenvalue weighted by Gasteiger charge is 2.31. The Kier molecular flexibility index (Phi) is 1.69. The van der Waals surface area contributed by atoms with Crippen molar-refractivity contribution >= 4 is 0 Å². The van der Waals surface area contributed by atoms with Gasteiger partial charge in [-0.15, -0.1) is 0 Å². The molecule has 0 unspecified atom stereocenters. The molecule has 1 aliphatic rings. The summed E-state index contributed by atoms with van der Waals surface area (Å²) >= 11 is 0. The summed E-state index contributed by atoms with van der Waals surface area (Å²) in [6.07, 6.45) is 0. The maximum Gasteiger partial charge on any atom is 0.0172 e. The Bertz CT molecular complexity index is 264. The van der Waals surface area contributed by atoms with Crippen molar-refractivity contribution in [3.8, 4) is 0 Å². The van der Waals surface area contributed by atoms with E-state index in [1.54, 1.807) is 0 Å². The third-order valence-electron chi connectivity index (χ3n) is 3.13. The van der Waals surface area contributed by atoms with Crippen LogP contribution < -0.4 is 5.73 Å². The summed E-state index contributed by atoms with van der Waals surface area (Å²) in [6.45, 7) is 4.43. The van der Waals surface area contributed by atoms with E-state index in [0.29, 0.717) is 17.9 Å². The normalized spacial score (nSPS) is 33.4. The zero-order valence-electron chi connectivity index (χ0n) is 7.62. The van der Waals surface area contributed by atoms with Gasteiger partial charge in [0.25, 0.3) is 0 Å². The molecule has 2 rings (SSSR count). The van der Waals surface area contributed by atoms with Crippen molar-refractivity contribution in [3.05, 3.63) is 35.4 Å². The average molecular weight is 161 g/mol. The highest BCUT2D eigenvalue weighted by atomic mass is 14.7. The van der Waals surface area contributed by atoms with Gasteiger partial charge in [0.05, 0.1) is 0 Å². The van der Waals surface area contributed by atoms with Crippen molar-refractivity contribution < 1.29 is 0 Å². The first-order valence-corrected chi connectivity index (χ1v) is 4.56. The molecule has 1 nitrogen and oxygen atoms in total. The van der Waals surface area contributed by atoms with Gasteiger partial charge in [-0.25, -0.2) is 0 Å². The van der Waals surface area contributed by atoms with E-state index in [1.807, 2.05) is 0 Å². The van der Waals surface area contributed by atoms with E-state index in [0.717, 1.165) is 0 Å². The second-order valence-electron chi connectivity index (χ2n) is 3.78.